The van der Waals surface area contributed by atoms with Gasteiger partial charge in [0, 0.05) is 6.04 Å². The molecule has 1 aromatic heterocycles. The van der Waals surface area contributed by atoms with Gasteiger partial charge in [-0.15, -0.1) is 0 Å². The lowest BCUT2D eigenvalue weighted by Gasteiger charge is -2.19. The van der Waals surface area contributed by atoms with Crippen molar-refractivity contribution >= 4 is 11.5 Å². The van der Waals surface area contributed by atoms with Gasteiger partial charge in [-0.05, 0) is 33.3 Å². The molecule has 0 radical (unpaired) electrons. The second-order valence-electron chi connectivity index (χ2n) is 5.16. The minimum Gasteiger partial charge on any atom is -0.394 e. The summed E-state index contributed by atoms with van der Waals surface area (Å²) in [5, 5.41) is 7.96. The third-order valence-electron chi connectivity index (χ3n) is 3.27. The Bertz CT molecular complexity index is 543. The van der Waals surface area contributed by atoms with Crippen LogP contribution in [0.3, 0.4) is 0 Å². The SMILES string of the molecule is Cc1nn(C(C)C)c(NC(C)c2ccccc2)c1N. The van der Waals surface area contributed by atoms with Gasteiger partial charge >= 0.3 is 0 Å². The highest BCUT2D eigenvalue weighted by Crippen LogP contribution is 2.29. The zero-order valence-corrected chi connectivity index (χ0v) is 12.0. The Balaban J connectivity index is 2.28. The lowest BCUT2D eigenvalue weighted by molar-refractivity contribution is 0.532. The quantitative estimate of drug-likeness (QED) is 0.882. The Kier molecular flexibility index (Phi) is 3.79. The molecule has 0 spiro atoms. The molecule has 0 aliphatic rings. The van der Waals surface area contributed by atoms with E-state index in [9.17, 15) is 0 Å². The van der Waals surface area contributed by atoms with E-state index in [1.54, 1.807) is 0 Å². The first-order valence-corrected chi connectivity index (χ1v) is 6.66. The number of aryl methyl sites for hydroxylation is 1. The Morgan fingerprint density at radius 1 is 1.16 bits per heavy atom. The molecule has 0 aliphatic carbocycles. The summed E-state index contributed by atoms with van der Waals surface area (Å²) < 4.78 is 1.95. The molecule has 1 heterocycles. The van der Waals surface area contributed by atoms with E-state index in [0.29, 0.717) is 0 Å². The van der Waals surface area contributed by atoms with Crippen LogP contribution in [0.4, 0.5) is 11.5 Å². The second-order valence-corrected chi connectivity index (χ2v) is 5.16. The lowest BCUT2D eigenvalue weighted by atomic mass is 10.1. The fraction of sp³-hybridized carbons (Fsp3) is 0.400. The number of nitrogens with two attached hydrogens (primary N) is 1. The smallest absolute Gasteiger partial charge is 0.148 e. The summed E-state index contributed by atoms with van der Waals surface area (Å²) in [6.45, 7) is 8.27. The van der Waals surface area contributed by atoms with Gasteiger partial charge in [0.2, 0.25) is 0 Å². The highest BCUT2D eigenvalue weighted by atomic mass is 15.4. The topological polar surface area (TPSA) is 55.9 Å². The van der Waals surface area contributed by atoms with E-state index in [1.165, 1.54) is 5.56 Å². The first kappa shape index (κ1) is 13.5. The summed E-state index contributed by atoms with van der Waals surface area (Å²) in [7, 11) is 0. The van der Waals surface area contributed by atoms with Gasteiger partial charge < -0.3 is 11.1 Å². The fourth-order valence-electron chi connectivity index (χ4n) is 2.11. The predicted octanol–water partition coefficient (Wildman–Crippen LogP) is 3.53. The van der Waals surface area contributed by atoms with Gasteiger partial charge in [-0.3, -0.25) is 0 Å². The maximum absolute atomic E-state index is 6.12. The largest absolute Gasteiger partial charge is 0.394 e. The molecule has 0 saturated heterocycles. The molecule has 0 saturated carbocycles. The molecule has 0 bridgehead atoms. The third kappa shape index (κ3) is 2.72. The minimum absolute atomic E-state index is 0.192. The maximum atomic E-state index is 6.12. The number of benzene rings is 1. The third-order valence-corrected chi connectivity index (χ3v) is 3.27. The number of nitrogens with zero attached hydrogens (tertiary/aromatic N) is 2. The van der Waals surface area contributed by atoms with Crippen LogP contribution in [-0.4, -0.2) is 9.78 Å². The molecule has 3 N–H and O–H groups in total. The second kappa shape index (κ2) is 5.34. The van der Waals surface area contributed by atoms with Crippen LogP contribution in [0.25, 0.3) is 0 Å². The van der Waals surface area contributed by atoms with E-state index >= 15 is 0 Å². The molecular weight excluding hydrogens is 236 g/mol. The van der Waals surface area contributed by atoms with Crippen molar-refractivity contribution in [2.24, 2.45) is 0 Å². The van der Waals surface area contributed by atoms with Gasteiger partial charge in [-0.25, -0.2) is 4.68 Å². The molecule has 4 heteroatoms. The van der Waals surface area contributed by atoms with E-state index < -0.39 is 0 Å². The summed E-state index contributed by atoms with van der Waals surface area (Å²) in [6.07, 6.45) is 0. The summed E-state index contributed by atoms with van der Waals surface area (Å²) in [5.74, 6) is 0.906. The van der Waals surface area contributed by atoms with Crippen molar-refractivity contribution in [1.29, 1.82) is 0 Å². The van der Waals surface area contributed by atoms with Gasteiger partial charge in [0.05, 0.1) is 17.4 Å². The Hall–Kier alpha value is -1.97. The van der Waals surface area contributed by atoms with Crippen molar-refractivity contribution in [3.05, 3.63) is 41.6 Å². The summed E-state index contributed by atoms with van der Waals surface area (Å²) in [4.78, 5) is 0. The summed E-state index contributed by atoms with van der Waals surface area (Å²) in [6, 6.07) is 10.8. The molecule has 19 heavy (non-hydrogen) atoms. The fourth-order valence-corrected chi connectivity index (χ4v) is 2.11. The molecule has 0 fully saturated rings. The van der Waals surface area contributed by atoms with Crippen LogP contribution in [0.5, 0.6) is 0 Å². The molecule has 1 aromatic carbocycles. The van der Waals surface area contributed by atoms with Crippen LogP contribution >= 0.6 is 0 Å². The van der Waals surface area contributed by atoms with Crippen molar-refractivity contribution in [3.8, 4) is 0 Å². The lowest BCUT2D eigenvalue weighted by Crippen LogP contribution is -2.14. The zero-order valence-electron chi connectivity index (χ0n) is 12.0. The van der Waals surface area contributed by atoms with Gasteiger partial charge in [0.1, 0.15) is 5.82 Å². The Morgan fingerprint density at radius 2 is 1.79 bits per heavy atom. The number of aromatic nitrogens is 2. The van der Waals surface area contributed by atoms with Gasteiger partial charge in [0.15, 0.2) is 0 Å². The maximum Gasteiger partial charge on any atom is 0.148 e. The standard InChI is InChI=1S/C15H22N4/c1-10(2)19-15(14(16)12(4)18-19)17-11(3)13-8-6-5-7-9-13/h5-11,17H,16H2,1-4H3. The predicted molar refractivity (Wildman–Crippen MR) is 80.2 cm³/mol. The van der Waals surface area contributed by atoms with Crippen molar-refractivity contribution in [3.63, 3.8) is 0 Å². The first-order chi connectivity index (χ1) is 9.00. The number of nitrogen functional groups attached to an aromatic ring is 1. The van der Waals surface area contributed by atoms with E-state index in [4.69, 9.17) is 5.73 Å². The summed E-state index contributed by atoms with van der Waals surface area (Å²) >= 11 is 0. The molecule has 1 unspecified atom stereocenters. The van der Waals surface area contributed by atoms with Crippen LogP contribution in [0.2, 0.25) is 0 Å². The van der Waals surface area contributed by atoms with Crippen molar-refractivity contribution in [2.75, 3.05) is 11.1 Å². The normalized spacial score (nSPS) is 12.7. The molecule has 4 nitrogen and oxygen atoms in total. The Morgan fingerprint density at radius 3 is 2.37 bits per heavy atom. The highest BCUT2D eigenvalue weighted by molar-refractivity contribution is 5.65. The highest BCUT2D eigenvalue weighted by Gasteiger charge is 2.16. The zero-order chi connectivity index (χ0) is 14.0. The average Bonchev–Trinajstić information content (AvgIpc) is 2.68. The average molecular weight is 258 g/mol. The van der Waals surface area contributed by atoms with Gasteiger partial charge in [0.25, 0.3) is 0 Å². The minimum atomic E-state index is 0.192. The van der Waals surface area contributed by atoms with Gasteiger partial charge in [-0.1, -0.05) is 30.3 Å². The molecule has 0 aliphatic heterocycles. The van der Waals surface area contributed by atoms with E-state index in [0.717, 1.165) is 17.2 Å². The molecule has 102 valence electrons. The van der Waals surface area contributed by atoms with Crippen LogP contribution in [0.15, 0.2) is 30.3 Å². The molecule has 2 rings (SSSR count). The number of nitrogens with one attached hydrogen (secondary N) is 1. The number of rotatable bonds is 4. The van der Waals surface area contributed by atoms with E-state index in [-0.39, 0.29) is 12.1 Å². The molecule has 0 amide bonds. The Labute approximate surface area is 114 Å². The monoisotopic (exact) mass is 258 g/mol. The van der Waals surface area contributed by atoms with Crippen LogP contribution < -0.4 is 11.1 Å². The van der Waals surface area contributed by atoms with Crippen molar-refractivity contribution in [1.82, 2.24) is 9.78 Å². The number of hydrogen-bond acceptors (Lipinski definition) is 3. The van der Waals surface area contributed by atoms with Crippen LogP contribution in [0, 0.1) is 6.92 Å². The van der Waals surface area contributed by atoms with Crippen LogP contribution in [-0.2, 0) is 0 Å². The summed E-state index contributed by atoms with van der Waals surface area (Å²) in [5.41, 5.74) is 8.96. The van der Waals surface area contributed by atoms with E-state index in [2.05, 4.69) is 43.3 Å². The number of hydrogen-bond donors (Lipinski definition) is 2. The molecular formula is C15H22N4. The van der Waals surface area contributed by atoms with Crippen LogP contribution in [0.1, 0.15) is 44.1 Å². The molecule has 1 atom stereocenters. The first-order valence-electron chi connectivity index (χ1n) is 6.66. The van der Waals surface area contributed by atoms with Crippen molar-refractivity contribution < 1.29 is 0 Å². The molecule has 2 aromatic rings. The number of anilines is 2. The van der Waals surface area contributed by atoms with E-state index in [1.807, 2.05) is 29.8 Å². The van der Waals surface area contributed by atoms with Gasteiger partial charge in [-0.2, -0.15) is 5.10 Å². The van der Waals surface area contributed by atoms with Crippen molar-refractivity contribution in [2.45, 2.75) is 39.8 Å².